The zero-order chi connectivity index (χ0) is 68.4. The first-order valence-corrected chi connectivity index (χ1v) is 41.6. The summed E-state index contributed by atoms with van der Waals surface area (Å²) in [7, 11) is -9.90. The molecule has 3 N–H and O–H groups in total. The Balaban J connectivity index is 5.19. The van der Waals surface area contributed by atoms with Crippen LogP contribution in [0.4, 0.5) is 0 Å². The minimum atomic E-state index is -4.95. The van der Waals surface area contributed by atoms with E-state index in [2.05, 4.69) is 34.6 Å². The zero-order valence-corrected chi connectivity index (χ0v) is 62.2. The minimum Gasteiger partial charge on any atom is -0.462 e. The van der Waals surface area contributed by atoms with E-state index in [1.807, 2.05) is 0 Å². The van der Waals surface area contributed by atoms with Gasteiger partial charge in [0.1, 0.15) is 19.3 Å². The van der Waals surface area contributed by atoms with E-state index in [-0.39, 0.29) is 25.7 Å². The van der Waals surface area contributed by atoms with E-state index in [1.165, 1.54) is 205 Å². The van der Waals surface area contributed by atoms with E-state index in [0.29, 0.717) is 25.7 Å². The summed E-state index contributed by atoms with van der Waals surface area (Å²) in [6.07, 6.45) is 55.6. The summed E-state index contributed by atoms with van der Waals surface area (Å²) in [5, 5.41) is 10.6. The Bertz CT molecular complexity index is 1790. The molecule has 0 rings (SSSR count). The van der Waals surface area contributed by atoms with Gasteiger partial charge in [-0.25, -0.2) is 9.13 Å². The number of carbonyl (C=O) groups is 4. The van der Waals surface area contributed by atoms with Crippen LogP contribution in [0.15, 0.2) is 0 Å². The molecule has 0 aliphatic rings. The molecule has 5 atom stereocenters. The van der Waals surface area contributed by atoms with E-state index in [4.69, 9.17) is 37.0 Å². The monoisotopic (exact) mass is 1370 g/mol. The maximum absolute atomic E-state index is 13.1. The fourth-order valence-electron chi connectivity index (χ4n) is 11.4. The zero-order valence-electron chi connectivity index (χ0n) is 60.4. The molecule has 93 heavy (non-hydrogen) atoms. The lowest BCUT2D eigenvalue weighted by Crippen LogP contribution is -2.30. The number of phosphoric ester groups is 2. The summed E-state index contributed by atoms with van der Waals surface area (Å²) in [5.41, 5.74) is 0. The van der Waals surface area contributed by atoms with Gasteiger partial charge < -0.3 is 33.8 Å². The van der Waals surface area contributed by atoms with E-state index < -0.39 is 97.5 Å². The maximum atomic E-state index is 13.1. The number of ether oxygens (including phenoxy) is 4. The first kappa shape index (κ1) is 91.1. The van der Waals surface area contributed by atoms with Crippen LogP contribution in [0.2, 0.25) is 0 Å². The highest BCUT2D eigenvalue weighted by Crippen LogP contribution is 2.45. The topological polar surface area (TPSA) is 237 Å². The summed E-state index contributed by atoms with van der Waals surface area (Å²) in [6, 6.07) is 0. The van der Waals surface area contributed by atoms with E-state index >= 15 is 0 Å². The average molecular weight is 1370 g/mol. The van der Waals surface area contributed by atoms with Gasteiger partial charge in [0.25, 0.3) is 0 Å². The van der Waals surface area contributed by atoms with Crippen molar-refractivity contribution >= 4 is 39.5 Å². The highest BCUT2D eigenvalue weighted by molar-refractivity contribution is 7.47. The number of hydrogen-bond donors (Lipinski definition) is 3. The molecule has 0 heterocycles. The van der Waals surface area contributed by atoms with Crippen molar-refractivity contribution in [1.29, 1.82) is 0 Å². The molecule has 0 fully saturated rings. The predicted octanol–water partition coefficient (Wildman–Crippen LogP) is 21.7. The highest BCUT2D eigenvalue weighted by atomic mass is 31.2. The molecule has 0 saturated heterocycles. The fourth-order valence-corrected chi connectivity index (χ4v) is 12.9. The lowest BCUT2D eigenvalue weighted by Gasteiger charge is -2.21. The van der Waals surface area contributed by atoms with Crippen LogP contribution >= 0.6 is 15.6 Å². The van der Waals surface area contributed by atoms with Crippen molar-refractivity contribution in [2.75, 3.05) is 39.6 Å². The largest absolute Gasteiger partial charge is 0.472 e. The number of unbranched alkanes of at least 4 members (excludes halogenated alkanes) is 46. The quantitative estimate of drug-likeness (QED) is 0.0222. The number of rotatable bonds is 74. The third kappa shape index (κ3) is 68.4. The molecule has 2 unspecified atom stereocenters. The summed E-state index contributed by atoms with van der Waals surface area (Å²) in [5.74, 6) is -1.33. The molecule has 17 nitrogen and oxygen atoms in total. The summed E-state index contributed by atoms with van der Waals surface area (Å²) in [6.45, 7) is 7.26. The molecular weight excluding hydrogens is 1220 g/mol. The molecule has 0 aliphatic carbocycles. The number of hydrogen-bond acceptors (Lipinski definition) is 15. The Morgan fingerprint density at radius 2 is 0.495 bits per heavy atom. The van der Waals surface area contributed by atoms with Gasteiger partial charge in [-0.15, -0.1) is 0 Å². The van der Waals surface area contributed by atoms with Gasteiger partial charge in [0.15, 0.2) is 12.2 Å². The van der Waals surface area contributed by atoms with Crippen molar-refractivity contribution in [2.45, 2.75) is 406 Å². The number of aliphatic hydroxyl groups is 1. The predicted molar refractivity (Wildman–Crippen MR) is 377 cm³/mol. The summed E-state index contributed by atoms with van der Waals surface area (Å²) in [4.78, 5) is 72.6. The van der Waals surface area contributed by atoms with Gasteiger partial charge in [-0.3, -0.25) is 37.3 Å². The Hall–Kier alpha value is -1.94. The van der Waals surface area contributed by atoms with Crippen molar-refractivity contribution in [3.05, 3.63) is 0 Å². The molecule has 0 amide bonds. The first-order valence-electron chi connectivity index (χ1n) is 38.6. The second-order valence-corrected chi connectivity index (χ2v) is 30.1. The molecule has 19 heteroatoms. The molecule has 0 saturated carbocycles. The molecule has 0 radical (unpaired) electrons. The van der Waals surface area contributed by atoms with Crippen LogP contribution in [0.25, 0.3) is 0 Å². The Labute approximate surface area is 568 Å². The summed E-state index contributed by atoms with van der Waals surface area (Å²) >= 11 is 0. The van der Waals surface area contributed by atoms with Gasteiger partial charge in [-0.1, -0.05) is 336 Å². The van der Waals surface area contributed by atoms with Crippen LogP contribution in [0.3, 0.4) is 0 Å². The average Bonchev–Trinajstić information content (AvgIpc) is 3.21. The first-order chi connectivity index (χ1) is 45.0. The number of phosphoric acid groups is 2. The number of esters is 4. The van der Waals surface area contributed by atoms with Gasteiger partial charge in [0.05, 0.1) is 26.4 Å². The van der Waals surface area contributed by atoms with E-state index in [1.54, 1.807) is 0 Å². The van der Waals surface area contributed by atoms with Crippen LogP contribution < -0.4 is 0 Å². The highest BCUT2D eigenvalue weighted by Gasteiger charge is 2.30. The molecule has 0 aromatic heterocycles. The lowest BCUT2D eigenvalue weighted by atomic mass is 10.0. The van der Waals surface area contributed by atoms with Crippen molar-refractivity contribution in [2.24, 2.45) is 5.92 Å². The third-order valence-corrected chi connectivity index (χ3v) is 19.2. The van der Waals surface area contributed by atoms with Crippen molar-refractivity contribution in [1.82, 2.24) is 0 Å². The fraction of sp³-hybridized carbons (Fsp3) is 0.946. The molecule has 0 aliphatic heterocycles. The van der Waals surface area contributed by atoms with Crippen LogP contribution in [0.1, 0.15) is 388 Å². The number of aliphatic hydroxyl groups excluding tert-OH is 1. The van der Waals surface area contributed by atoms with Crippen LogP contribution in [-0.2, 0) is 65.4 Å². The second kappa shape index (κ2) is 67.3. The van der Waals surface area contributed by atoms with Crippen LogP contribution in [0, 0.1) is 5.92 Å². The second-order valence-electron chi connectivity index (χ2n) is 27.2. The van der Waals surface area contributed by atoms with Gasteiger partial charge >= 0.3 is 39.5 Å². The third-order valence-electron chi connectivity index (χ3n) is 17.3. The van der Waals surface area contributed by atoms with Crippen LogP contribution in [-0.4, -0.2) is 96.7 Å². The molecular formula is C74H144O17P2. The van der Waals surface area contributed by atoms with E-state index in [9.17, 15) is 43.2 Å². The van der Waals surface area contributed by atoms with Crippen molar-refractivity contribution in [3.63, 3.8) is 0 Å². The van der Waals surface area contributed by atoms with Gasteiger partial charge in [-0.2, -0.15) is 0 Å². The minimum absolute atomic E-state index is 0.107. The Kier molecular flexibility index (Phi) is 65.9. The summed E-state index contributed by atoms with van der Waals surface area (Å²) < 4.78 is 68.3. The SMILES string of the molecule is CCCCCCCCCCCCCCCCCCCCCC(=O)O[C@H](COC(=O)CCCCCCCCCCCCCCCC(C)C)COP(=O)(O)OC[C@@H](O)COP(=O)(O)OC[C@@H](COC(=O)CCCCCCCCCC)OC(=O)CCCCCCCCCCCC. The normalized spacial score (nSPS) is 14.0. The van der Waals surface area contributed by atoms with Crippen LogP contribution in [0.5, 0.6) is 0 Å². The van der Waals surface area contributed by atoms with E-state index in [0.717, 1.165) is 102 Å². The van der Waals surface area contributed by atoms with Crippen molar-refractivity contribution in [3.8, 4) is 0 Å². The maximum Gasteiger partial charge on any atom is 0.472 e. The molecule has 0 spiro atoms. The van der Waals surface area contributed by atoms with Gasteiger partial charge in [0, 0.05) is 25.7 Å². The molecule has 0 aromatic carbocycles. The lowest BCUT2D eigenvalue weighted by molar-refractivity contribution is -0.161. The Morgan fingerprint density at radius 1 is 0.290 bits per heavy atom. The molecule has 0 aromatic rings. The van der Waals surface area contributed by atoms with Gasteiger partial charge in [0.2, 0.25) is 0 Å². The van der Waals surface area contributed by atoms with Gasteiger partial charge in [-0.05, 0) is 31.6 Å². The molecule has 552 valence electrons. The standard InChI is InChI=1S/C74H144O17P2/c1-6-9-12-15-18-21-23-24-25-26-27-28-29-32-36-40-45-50-55-60-74(79)91-70(64-85-72(77)58-53-48-43-39-35-33-30-31-34-37-41-46-51-56-67(4)5)66-89-93(82,83)87-62-68(75)61-86-92(80,81)88-65-69(63-84-71(76)57-52-47-42-20-17-14-11-8-3)90-73(78)59-54-49-44-38-22-19-16-13-10-7-2/h67-70,75H,6-66H2,1-5H3,(H,80,81)(H,82,83)/t68-,69+,70+/m0/s1. The Morgan fingerprint density at radius 3 is 0.731 bits per heavy atom. The van der Waals surface area contributed by atoms with Crippen molar-refractivity contribution < 1.29 is 80.2 Å². The molecule has 0 bridgehead atoms. The number of carbonyl (C=O) groups excluding carboxylic acids is 4. The smallest absolute Gasteiger partial charge is 0.462 e.